The van der Waals surface area contributed by atoms with Gasteiger partial charge in [-0.25, -0.2) is 0 Å². The molecule has 21 heavy (non-hydrogen) atoms. The Balaban J connectivity index is 2.21. The highest BCUT2D eigenvalue weighted by atomic mass is 16.1. The van der Waals surface area contributed by atoms with Crippen LogP contribution in [0.4, 0.5) is 0 Å². The van der Waals surface area contributed by atoms with Crippen molar-refractivity contribution in [3.63, 3.8) is 0 Å². The summed E-state index contributed by atoms with van der Waals surface area (Å²) >= 11 is 0. The maximum Gasteiger partial charge on any atom is 0.140 e. The van der Waals surface area contributed by atoms with Crippen molar-refractivity contribution in [2.75, 3.05) is 0 Å². The molecule has 2 rings (SSSR count). The Kier molecular flexibility index (Phi) is 5.39. The lowest BCUT2D eigenvalue weighted by Gasteiger charge is -2.23. The third-order valence-corrected chi connectivity index (χ3v) is 4.77. The van der Waals surface area contributed by atoms with Crippen molar-refractivity contribution in [3.8, 4) is 0 Å². The van der Waals surface area contributed by atoms with Gasteiger partial charge in [-0.2, -0.15) is 0 Å². The van der Waals surface area contributed by atoms with Gasteiger partial charge in [0.05, 0.1) is 0 Å². The van der Waals surface area contributed by atoms with Crippen molar-refractivity contribution in [3.05, 3.63) is 46.5 Å². The van der Waals surface area contributed by atoms with Crippen LogP contribution < -0.4 is 0 Å². The van der Waals surface area contributed by atoms with Gasteiger partial charge in [-0.15, -0.1) is 0 Å². The minimum Gasteiger partial charge on any atom is -0.299 e. The lowest BCUT2D eigenvalue weighted by atomic mass is 9.80. The molecule has 0 heterocycles. The molecule has 1 atom stereocenters. The number of aryl methyl sites for hydroxylation is 3. The summed E-state index contributed by atoms with van der Waals surface area (Å²) in [5.41, 5.74) is 6.58. The van der Waals surface area contributed by atoms with Crippen molar-refractivity contribution < 1.29 is 4.79 Å². The first-order valence-corrected chi connectivity index (χ1v) is 8.35. The highest BCUT2D eigenvalue weighted by molar-refractivity contribution is 5.84. The maximum absolute atomic E-state index is 12.7. The molecule has 1 nitrogen and oxygen atoms in total. The smallest absolute Gasteiger partial charge is 0.140 e. The number of Topliss-reactive ketones (excluding diaryl/α,β-unsaturated/α-hetero) is 1. The van der Waals surface area contributed by atoms with Gasteiger partial charge in [0, 0.05) is 12.3 Å². The molecule has 0 saturated heterocycles. The van der Waals surface area contributed by atoms with Crippen LogP contribution in [-0.4, -0.2) is 5.78 Å². The van der Waals surface area contributed by atoms with E-state index in [-0.39, 0.29) is 5.92 Å². The van der Waals surface area contributed by atoms with Crippen molar-refractivity contribution >= 4 is 5.78 Å². The SMILES string of the molecule is C=C1CCCC(C(=O)Cc2c(CC)cc(C)cc2CC)C1. The van der Waals surface area contributed by atoms with E-state index in [2.05, 4.69) is 39.5 Å². The monoisotopic (exact) mass is 284 g/mol. The van der Waals surface area contributed by atoms with Gasteiger partial charge in [-0.3, -0.25) is 4.79 Å². The average molecular weight is 284 g/mol. The summed E-state index contributed by atoms with van der Waals surface area (Å²) in [7, 11) is 0. The second kappa shape index (κ2) is 7.06. The van der Waals surface area contributed by atoms with Crippen molar-refractivity contribution in [1.29, 1.82) is 0 Å². The van der Waals surface area contributed by atoms with E-state index in [1.165, 1.54) is 27.8 Å². The molecule has 0 bridgehead atoms. The lowest BCUT2D eigenvalue weighted by Crippen LogP contribution is -2.21. The van der Waals surface area contributed by atoms with Gasteiger partial charge in [0.1, 0.15) is 5.78 Å². The van der Waals surface area contributed by atoms with E-state index in [4.69, 9.17) is 0 Å². The van der Waals surface area contributed by atoms with Crippen molar-refractivity contribution in [2.24, 2.45) is 5.92 Å². The zero-order chi connectivity index (χ0) is 15.4. The van der Waals surface area contributed by atoms with Crippen LogP contribution in [0.3, 0.4) is 0 Å². The van der Waals surface area contributed by atoms with Crippen molar-refractivity contribution in [2.45, 2.75) is 65.7 Å². The Morgan fingerprint density at radius 2 is 1.86 bits per heavy atom. The molecule has 1 aliphatic rings. The predicted molar refractivity (Wildman–Crippen MR) is 89.7 cm³/mol. The number of benzene rings is 1. The van der Waals surface area contributed by atoms with E-state index >= 15 is 0 Å². The standard InChI is InChI=1S/C20H28O/c1-5-16-11-15(4)12-17(6-2)19(16)13-20(21)18-9-7-8-14(3)10-18/h11-12,18H,3,5-10,13H2,1-2,4H3. The number of allylic oxidation sites excluding steroid dienone is 1. The lowest BCUT2D eigenvalue weighted by molar-refractivity contribution is -0.122. The molecule has 1 heteroatoms. The quantitative estimate of drug-likeness (QED) is 0.697. The first-order valence-electron chi connectivity index (χ1n) is 8.35. The number of carbonyl (C=O) groups is 1. The van der Waals surface area contributed by atoms with Crippen LogP contribution in [0.25, 0.3) is 0 Å². The molecule has 1 aliphatic carbocycles. The highest BCUT2D eigenvalue weighted by Gasteiger charge is 2.24. The number of ketones is 1. The molecule has 1 aromatic rings. The summed E-state index contributed by atoms with van der Waals surface area (Å²) in [5.74, 6) is 0.631. The number of carbonyl (C=O) groups excluding carboxylic acids is 1. The normalized spacial score (nSPS) is 18.8. The van der Waals surface area contributed by atoms with Crippen LogP contribution in [0.5, 0.6) is 0 Å². The summed E-state index contributed by atoms with van der Waals surface area (Å²) in [6, 6.07) is 4.50. The number of hydrogen-bond donors (Lipinski definition) is 0. The molecule has 114 valence electrons. The van der Waals surface area contributed by atoms with E-state index in [9.17, 15) is 4.79 Å². The summed E-state index contributed by atoms with van der Waals surface area (Å²) in [5, 5.41) is 0. The molecule has 1 unspecified atom stereocenters. The van der Waals surface area contributed by atoms with Crippen LogP contribution in [0, 0.1) is 12.8 Å². The largest absolute Gasteiger partial charge is 0.299 e. The minimum absolute atomic E-state index is 0.210. The molecule has 0 radical (unpaired) electrons. The third kappa shape index (κ3) is 3.84. The molecule has 0 spiro atoms. The first kappa shape index (κ1) is 16.0. The fourth-order valence-electron chi connectivity index (χ4n) is 3.57. The predicted octanol–water partition coefficient (Wildman–Crippen LogP) is 4.98. The van der Waals surface area contributed by atoms with Crippen LogP contribution in [0.15, 0.2) is 24.3 Å². The van der Waals surface area contributed by atoms with Crippen LogP contribution in [-0.2, 0) is 24.1 Å². The highest BCUT2D eigenvalue weighted by Crippen LogP contribution is 2.30. The molecular weight excluding hydrogens is 256 g/mol. The van der Waals surface area contributed by atoms with E-state index in [0.29, 0.717) is 12.2 Å². The van der Waals surface area contributed by atoms with E-state index in [1.807, 2.05) is 0 Å². The van der Waals surface area contributed by atoms with Crippen LogP contribution >= 0.6 is 0 Å². The van der Waals surface area contributed by atoms with Gasteiger partial charge in [0.25, 0.3) is 0 Å². The fraction of sp³-hybridized carbons (Fsp3) is 0.550. The van der Waals surface area contributed by atoms with Gasteiger partial charge >= 0.3 is 0 Å². The molecule has 1 saturated carbocycles. The number of rotatable bonds is 5. The van der Waals surface area contributed by atoms with E-state index in [0.717, 1.165) is 38.5 Å². The van der Waals surface area contributed by atoms with Gasteiger partial charge in [0.2, 0.25) is 0 Å². The average Bonchev–Trinajstić information content (AvgIpc) is 2.48. The molecule has 0 amide bonds. The summed E-state index contributed by atoms with van der Waals surface area (Å²) in [6.07, 6.45) is 6.83. The summed E-state index contributed by atoms with van der Waals surface area (Å²) in [4.78, 5) is 12.7. The molecule has 1 aromatic carbocycles. The fourth-order valence-corrected chi connectivity index (χ4v) is 3.57. The second-order valence-corrected chi connectivity index (χ2v) is 6.46. The molecule has 0 aromatic heterocycles. The Bertz CT molecular complexity index is 514. The zero-order valence-electron chi connectivity index (χ0n) is 13.8. The molecule has 0 N–H and O–H groups in total. The van der Waals surface area contributed by atoms with Crippen molar-refractivity contribution in [1.82, 2.24) is 0 Å². The topological polar surface area (TPSA) is 17.1 Å². The Hall–Kier alpha value is -1.37. The molecular formula is C20H28O. The Labute approximate surface area is 129 Å². The van der Waals surface area contributed by atoms with Crippen LogP contribution in [0.1, 0.15) is 61.8 Å². The third-order valence-electron chi connectivity index (χ3n) is 4.77. The number of hydrogen-bond acceptors (Lipinski definition) is 1. The van der Waals surface area contributed by atoms with Gasteiger partial charge in [0.15, 0.2) is 0 Å². The first-order chi connectivity index (χ1) is 10.0. The van der Waals surface area contributed by atoms with E-state index < -0.39 is 0 Å². The molecule has 0 aliphatic heterocycles. The summed E-state index contributed by atoms with van der Waals surface area (Å²) < 4.78 is 0. The Morgan fingerprint density at radius 3 is 2.38 bits per heavy atom. The van der Waals surface area contributed by atoms with Gasteiger partial charge in [-0.05, 0) is 62.1 Å². The zero-order valence-corrected chi connectivity index (χ0v) is 13.8. The van der Waals surface area contributed by atoms with E-state index in [1.54, 1.807) is 0 Å². The van der Waals surface area contributed by atoms with Crippen LogP contribution in [0.2, 0.25) is 0 Å². The molecule has 1 fully saturated rings. The minimum atomic E-state index is 0.210. The van der Waals surface area contributed by atoms with Gasteiger partial charge < -0.3 is 0 Å². The maximum atomic E-state index is 12.7. The Morgan fingerprint density at radius 1 is 1.24 bits per heavy atom. The van der Waals surface area contributed by atoms with Gasteiger partial charge in [-0.1, -0.05) is 43.7 Å². The second-order valence-electron chi connectivity index (χ2n) is 6.46. The summed E-state index contributed by atoms with van der Waals surface area (Å²) in [6.45, 7) is 10.6.